The molecule has 32 heavy (non-hydrogen) atoms. The highest BCUT2D eigenvalue weighted by atomic mass is 35.5. The van der Waals surface area contributed by atoms with Crippen LogP contribution in [0.25, 0.3) is 0 Å². The Morgan fingerprint density at radius 2 is 1.72 bits per heavy atom. The predicted molar refractivity (Wildman–Crippen MR) is 120 cm³/mol. The van der Waals surface area contributed by atoms with Crippen LogP contribution in [0.2, 0.25) is 5.02 Å². The van der Waals surface area contributed by atoms with E-state index in [-0.39, 0.29) is 18.0 Å². The molecule has 2 aliphatic heterocycles. The summed E-state index contributed by atoms with van der Waals surface area (Å²) in [4.78, 5) is 42.5. The van der Waals surface area contributed by atoms with E-state index in [9.17, 15) is 19.6 Å². The molecule has 2 aliphatic rings. The van der Waals surface area contributed by atoms with Crippen LogP contribution in [-0.2, 0) is 4.79 Å². The number of benzene rings is 2. The summed E-state index contributed by atoms with van der Waals surface area (Å²) in [7, 11) is 0. The van der Waals surface area contributed by atoms with Crippen molar-refractivity contribution in [2.75, 3.05) is 0 Å². The number of amides is 3. The van der Waals surface area contributed by atoms with Crippen molar-refractivity contribution in [1.29, 1.82) is 5.26 Å². The molecule has 3 amide bonds. The Morgan fingerprint density at radius 1 is 1.09 bits per heavy atom. The van der Waals surface area contributed by atoms with Crippen molar-refractivity contribution < 1.29 is 14.4 Å². The maximum atomic E-state index is 13.9. The lowest BCUT2D eigenvalue weighted by Gasteiger charge is -2.39. The first-order chi connectivity index (χ1) is 15.2. The minimum atomic E-state index is -1.00. The Kier molecular flexibility index (Phi) is 5.56. The molecule has 1 saturated heterocycles. The molecule has 164 valence electrons. The molecular formula is C25H24ClN3O3. The molecule has 0 N–H and O–H groups in total. The summed E-state index contributed by atoms with van der Waals surface area (Å²) in [5, 5.41) is 10.3. The molecular weight excluding hydrogens is 426 g/mol. The second-order valence-electron chi connectivity index (χ2n) is 8.94. The van der Waals surface area contributed by atoms with Crippen LogP contribution < -0.4 is 0 Å². The molecule has 0 radical (unpaired) electrons. The summed E-state index contributed by atoms with van der Waals surface area (Å²) in [6.45, 7) is 5.20. The Bertz CT molecular complexity index is 1120. The summed E-state index contributed by atoms with van der Waals surface area (Å²) >= 11 is 6.21. The average Bonchev–Trinajstić information content (AvgIpc) is 3.34. The van der Waals surface area contributed by atoms with E-state index in [4.69, 9.17) is 11.6 Å². The number of halogens is 1. The maximum absolute atomic E-state index is 13.9. The quantitative estimate of drug-likeness (QED) is 0.638. The van der Waals surface area contributed by atoms with Gasteiger partial charge in [-0.15, -0.1) is 0 Å². The number of fused-ring (bicyclic) bond motifs is 1. The summed E-state index contributed by atoms with van der Waals surface area (Å²) in [5.74, 6) is -1.29. The van der Waals surface area contributed by atoms with E-state index in [1.165, 1.54) is 0 Å². The smallest absolute Gasteiger partial charge is 0.262 e. The normalized spacial score (nSPS) is 21.5. The number of carbonyl (C=O) groups excluding carboxylic acids is 3. The first-order valence-electron chi connectivity index (χ1n) is 10.6. The molecule has 6 nitrogen and oxygen atoms in total. The van der Waals surface area contributed by atoms with Crippen LogP contribution in [0.1, 0.15) is 65.9 Å². The fraction of sp³-hybridized carbons (Fsp3) is 0.360. The molecule has 0 aromatic heterocycles. The van der Waals surface area contributed by atoms with E-state index in [0.717, 1.165) is 10.5 Å². The molecule has 3 atom stereocenters. The highest BCUT2D eigenvalue weighted by molar-refractivity contribution is 6.30. The van der Waals surface area contributed by atoms with Crippen molar-refractivity contribution in [2.45, 2.75) is 51.7 Å². The third kappa shape index (κ3) is 3.47. The number of carbonyl (C=O) groups is 3. The van der Waals surface area contributed by atoms with Gasteiger partial charge in [-0.1, -0.05) is 35.9 Å². The first kappa shape index (κ1) is 22.0. The van der Waals surface area contributed by atoms with Crippen LogP contribution in [0.5, 0.6) is 0 Å². The zero-order valence-electron chi connectivity index (χ0n) is 18.2. The highest BCUT2D eigenvalue weighted by Crippen LogP contribution is 2.44. The van der Waals surface area contributed by atoms with Crippen LogP contribution in [-0.4, -0.2) is 39.6 Å². The molecule has 2 aromatic carbocycles. The van der Waals surface area contributed by atoms with Crippen LogP contribution in [0, 0.1) is 16.7 Å². The average molecular weight is 450 g/mol. The van der Waals surface area contributed by atoms with Gasteiger partial charge in [-0.25, -0.2) is 0 Å². The molecule has 2 aromatic rings. The molecule has 2 heterocycles. The molecule has 7 heteroatoms. The summed E-state index contributed by atoms with van der Waals surface area (Å²) in [6, 6.07) is 14.6. The summed E-state index contributed by atoms with van der Waals surface area (Å²) in [5.41, 5.74) is 0.680. The van der Waals surface area contributed by atoms with E-state index in [1.54, 1.807) is 42.2 Å². The minimum Gasteiger partial charge on any atom is -0.329 e. The monoisotopic (exact) mass is 449 g/mol. The van der Waals surface area contributed by atoms with Crippen molar-refractivity contribution in [1.82, 2.24) is 9.80 Å². The Morgan fingerprint density at radius 3 is 2.28 bits per heavy atom. The number of imide groups is 1. The summed E-state index contributed by atoms with van der Waals surface area (Å²) in [6.07, 6.45) is 1.30. The van der Waals surface area contributed by atoms with Gasteiger partial charge in [-0.2, -0.15) is 5.26 Å². The lowest BCUT2D eigenvalue weighted by atomic mass is 9.84. The highest BCUT2D eigenvalue weighted by Gasteiger charge is 2.49. The Hall–Kier alpha value is -3.17. The van der Waals surface area contributed by atoms with Gasteiger partial charge in [-0.3, -0.25) is 19.3 Å². The van der Waals surface area contributed by atoms with Gasteiger partial charge >= 0.3 is 0 Å². The molecule has 0 saturated carbocycles. The van der Waals surface area contributed by atoms with Gasteiger partial charge in [0.05, 0.1) is 34.7 Å². The standard InChI is InChI=1S/C25H24ClN3O3/c1-15(28-23(31)18-9-4-5-10-19(18)24(28)32)22(30)29-20(16-7-6-8-17(26)13-16)11-12-21(29)25(2,3)14-27/h4-10,13,15,20-21H,11-12H2,1-3H3/t15-,20+,21+/m1/s1. The number of hydrogen-bond donors (Lipinski definition) is 0. The van der Waals surface area contributed by atoms with E-state index in [0.29, 0.717) is 29.0 Å². The van der Waals surface area contributed by atoms with Crippen molar-refractivity contribution in [3.63, 3.8) is 0 Å². The topological polar surface area (TPSA) is 81.5 Å². The second kappa shape index (κ2) is 8.07. The fourth-order valence-electron chi connectivity index (χ4n) is 4.83. The van der Waals surface area contributed by atoms with Crippen LogP contribution in [0.15, 0.2) is 48.5 Å². The Balaban J connectivity index is 1.72. The van der Waals surface area contributed by atoms with Gasteiger partial charge in [0, 0.05) is 5.02 Å². The van der Waals surface area contributed by atoms with Crippen molar-refractivity contribution >= 4 is 29.3 Å². The van der Waals surface area contributed by atoms with Crippen LogP contribution in [0.4, 0.5) is 0 Å². The number of rotatable bonds is 4. The molecule has 4 rings (SSSR count). The van der Waals surface area contributed by atoms with Crippen LogP contribution in [0.3, 0.4) is 0 Å². The van der Waals surface area contributed by atoms with Gasteiger partial charge < -0.3 is 4.90 Å². The molecule has 0 spiro atoms. The zero-order chi connectivity index (χ0) is 23.2. The first-order valence-corrected chi connectivity index (χ1v) is 11.0. The van der Waals surface area contributed by atoms with Gasteiger partial charge in [0.25, 0.3) is 11.8 Å². The number of nitriles is 1. The maximum Gasteiger partial charge on any atom is 0.262 e. The minimum absolute atomic E-state index is 0.295. The van der Waals surface area contributed by atoms with Gasteiger partial charge in [0.15, 0.2) is 0 Å². The van der Waals surface area contributed by atoms with Gasteiger partial charge in [0.1, 0.15) is 6.04 Å². The van der Waals surface area contributed by atoms with E-state index < -0.39 is 23.3 Å². The molecule has 0 aliphatic carbocycles. The number of hydrogen-bond acceptors (Lipinski definition) is 4. The van der Waals surface area contributed by atoms with E-state index >= 15 is 0 Å². The van der Waals surface area contributed by atoms with Gasteiger partial charge in [-0.05, 0) is 63.4 Å². The third-order valence-corrected chi connectivity index (χ3v) is 6.80. The predicted octanol–water partition coefficient (Wildman–Crippen LogP) is 4.61. The van der Waals surface area contributed by atoms with Crippen molar-refractivity contribution in [2.24, 2.45) is 5.41 Å². The number of nitrogens with zero attached hydrogens (tertiary/aromatic N) is 3. The van der Waals surface area contributed by atoms with E-state index in [2.05, 4.69) is 6.07 Å². The number of likely N-dealkylation sites (tertiary alicyclic amines) is 1. The van der Waals surface area contributed by atoms with Crippen molar-refractivity contribution in [3.05, 3.63) is 70.2 Å². The molecule has 0 bridgehead atoms. The lowest BCUT2D eigenvalue weighted by Crippen LogP contribution is -2.53. The second-order valence-corrected chi connectivity index (χ2v) is 9.38. The van der Waals surface area contributed by atoms with Gasteiger partial charge in [0.2, 0.25) is 5.91 Å². The van der Waals surface area contributed by atoms with Crippen LogP contribution >= 0.6 is 11.6 Å². The lowest BCUT2D eigenvalue weighted by molar-refractivity contribution is -0.139. The molecule has 0 unspecified atom stereocenters. The fourth-order valence-corrected chi connectivity index (χ4v) is 5.03. The SMILES string of the molecule is C[C@H](C(=O)N1[C@H](C(C)(C)C#N)CC[C@H]1c1cccc(Cl)c1)N1C(=O)c2ccccc2C1=O. The largest absolute Gasteiger partial charge is 0.329 e. The zero-order valence-corrected chi connectivity index (χ0v) is 19.0. The van der Waals surface area contributed by atoms with E-state index in [1.807, 2.05) is 32.0 Å². The summed E-state index contributed by atoms with van der Waals surface area (Å²) < 4.78 is 0. The Labute approximate surface area is 192 Å². The third-order valence-electron chi connectivity index (χ3n) is 6.56. The molecule has 1 fully saturated rings. The van der Waals surface area contributed by atoms with Crippen molar-refractivity contribution in [3.8, 4) is 6.07 Å².